The molecule has 2 heterocycles. The van der Waals surface area contributed by atoms with Gasteiger partial charge in [-0.25, -0.2) is 9.48 Å². The number of ether oxygens (including phenoxy) is 1. The minimum absolute atomic E-state index is 0.392. The van der Waals surface area contributed by atoms with Crippen LogP contribution in [0.3, 0.4) is 0 Å². The third kappa shape index (κ3) is 1.71. The van der Waals surface area contributed by atoms with E-state index in [1.165, 1.54) is 13.3 Å². The Balaban J connectivity index is 2.52. The molecule has 5 heteroatoms. The second kappa shape index (κ2) is 3.91. The van der Waals surface area contributed by atoms with Crippen LogP contribution in [0.1, 0.15) is 10.4 Å². The number of pyridine rings is 1. The summed E-state index contributed by atoms with van der Waals surface area (Å²) in [6.07, 6.45) is 6.45. The summed E-state index contributed by atoms with van der Waals surface area (Å²) in [4.78, 5) is 15.3. The molecule has 0 aromatic carbocycles. The molecule has 0 spiro atoms. The van der Waals surface area contributed by atoms with Crippen LogP contribution in [-0.4, -0.2) is 27.8 Å². The van der Waals surface area contributed by atoms with Gasteiger partial charge in [-0.15, -0.1) is 0 Å². The van der Waals surface area contributed by atoms with E-state index in [9.17, 15) is 4.79 Å². The predicted octanol–water partition coefficient (Wildman–Crippen LogP) is 1.05. The van der Waals surface area contributed by atoms with Gasteiger partial charge in [0.05, 0.1) is 12.8 Å². The van der Waals surface area contributed by atoms with Crippen molar-refractivity contribution in [1.29, 1.82) is 0 Å². The van der Waals surface area contributed by atoms with Crippen molar-refractivity contribution < 1.29 is 9.53 Å². The first-order valence-electron chi connectivity index (χ1n) is 4.35. The van der Waals surface area contributed by atoms with Gasteiger partial charge >= 0.3 is 5.97 Å². The van der Waals surface area contributed by atoms with E-state index in [1.54, 1.807) is 35.4 Å². The topological polar surface area (TPSA) is 57.0 Å². The number of carbonyl (C=O) groups is 1. The summed E-state index contributed by atoms with van der Waals surface area (Å²) in [5.41, 5.74) is 1.05. The molecule has 0 bridgehead atoms. The molecule has 0 amide bonds. The molecule has 0 N–H and O–H groups in total. The highest BCUT2D eigenvalue weighted by molar-refractivity contribution is 5.92. The Kier molecular flexibility index (Phi) is 2.45. The average molecular weight is 203 g/mol. The molecular formula is C10H9N3O2. The SMILES string of the molecule is COC(=O)c1cnccc1-n1cccn1. The Morgan fingerprint density at radius 2 is 2.33 bits per heavy atom. The summed E-state index contributed by atoms with van der Waals surface area (Å²) < 4.78 is 6.25. The maximum Gasteiger partial charge on any atom is 0.341 e. The molecule has 0 atom stereocenters. The van der Waals surface area contributed by atoms with Crippen molar-refractivity contribution >= 4 is 5.97 Å². The van der Waals surface area contributed by atoms with Gasteiger partial charge < -0.3 is 4.74 Å². The fourth-order valence-corrected chi connectivity index (χ4v) is 1.27. The second-order valence-corrected chi connectivity index (χ2v) is 2.84. The van der Waals surface area contributed by atoms with Gasteiger partial charge in [0.25, 0.3) is 0 Å². The lowest BCUT2D eigenvalue weighted by molar-refractivity contribution is 0.0600. The van der Waals surface area contributed by atoms with E-state index in [0.29, 0.717) is 11.3 Å². The Bertz CT molecular complexity index is 465. The molecule has 2 rings (SSSR count). The Hall–Kier alpha value is -2.17. The highest BCUT2D eigenvalue weighted by Crippen LogP contribution is 2.12. The highest BCUT2D eigenvalue weighted by atomic mass is 16.5. The van der Waals surface area contributed by atoms with Crippen LogP contribution >= 0.6 is 0 Å². The molecule has 0 fully saturated rings. The molecule has 15 heavy (non-hydrogen) atoms. The lowest BCUT2D eigenvalue weighted by Gasteiger charge is -2.06. The van der Waals surface area contributed by atoms with E-state index in [1.807, 2.05) is 0 Å². The van der Waals surface area contributed by atoms with Gasteiger partial charge in [0, 0.05) is 24.8 Å². The van der Waals surface area contributed by atoms with Gasteiger partial charge in [-0.05, 0) is 12.1 Å². The van der Waals surface area contributed by atoms with E-state index in [4.69, 9.17) is 0 Å². The number of carbonyl (C=O) groups excluding carboxylic acids is 1. The Morgan fingerprint density at radius 1 is 1.47 bits per heavy atom. The summed E-state index contributed by atoms with van der Waals surface area (Å²) in [6, 6.07) is 3.49. The minimum Gasteiger partial charge on any atom is -0.465 e. The van der Waals surface area contributed by atoms with E-state index in [2.05, 4.69) is 14.8 Å². The van der Waals surface area contributed by atoms with E-state index < -0.39 is 5.97 Å². The van der Waals surface area contributed by atoms with Crippen LogP contribution in [0.15, 0.2) is 36.9 Å². The van der Waals surface area contributed by atoms with Crippen molar-refractivity contribution in [3.05, 3.63) is 42.5 Å². The molecule has 2 aromatic heterocycles. The van der Waals surface area contributed by atoms with Crippen LogP contribution < -0.4 is 0 Å². The smallest absolute Gasteiger partial charge is 0.341 e. The predicted molar refractivity (Wildman–Crippen MR) is 52.7 cm³/mol. The van der Waals surface area contributed by atoms with Crippen LogP contribution in [0, 0.1) is 0 Å². The van der Waals surface area contributed by atoms with Gasteiger partial charge in [-0.3, -0.25) is 4.98 Å². The molecule has 0 saturated heterocycles. The third-order valence-corrected chi connectivity index (χ3v) is 1.95. The van der Waals surface area contributed by atoms with E-state index >= 15 is 0 Å². The van der Waals surface area contributed by atoms with Gasteiger partial charge in [0.1, 0.15) is 5.56 Å². The average Bonchev–Trinajstić information content (AvgIpc) is 2.81. The highest BCUT2D eigenvalue weighted by Gasteiger charge is 2.12. The maximum atomic E-state index is 11.4. The molecule has 0 aliphatic carbocycles. The van der Waals surface area contributed by atoms with Crippen LogP contribution in [0.4, 0.5) is 0 Å². The first kappa shape index (κ1) is 9.39. The van der Waals surface area contributed by atoms with Crippen LogP contribution in [0.5, 0.6) is 0 Å². The fraction of sp³-hybridized carbons (Fsp3) is 0.100. The van der Waals surface area contributed by atoms with Crippen molar-refractivity contribution in [2.75, 3.05) is 7.11 Å². The van der Waals surface area contributed by atoms with Gasteiger partial charge in [-0.2, -0.15) is 5.10 Å². The maximum absolute atomic E-state index is 11.4. The number of esters is 1. The number of hydrogen-bond acceptors (Lipinski definition) is 4. The van der Waals surface area contributed by atoms with Crippen molar-refractivity contribution in [3.63, 3.8) is 0 Å². The van der Waals surface area contributed by atoms with Gasteiger partial charge in [0.15, 0.2) is 0 Å². The summed E-state index contributed by atoms with van der Waals surface area (Å²) in [5, 5.41) is 4.04. The second-order valence-electron chi connectivity index (χ2n) is 2.84. The number of methoxy groups -OCH3 is 1. The molecular weight excluding hydrogens is 194 g/mol. The normalized spacial score (nSPS) is 9.93. The van der Waals surface area contributed by atoms with Crippen molar-refractivity contribution in [3.8, 4) is 5.69 Å². The number of hydrogen-bond donors (Lipinski definition) is 0. The number of aromatic nitrogens is 3. The standard InChI is InChI=1S/C10H9N3O2/c1-15-10(14)8-7-11-5-3-9(8)13-6-2-4-12-13/h2-7H,1H3. The van der Waals surface area contributed by atoms with Crippen molar-refractivity contribution in [2.45, 2.75) is 0 Å². The first-order valence-corrected chi connectivity index (χ1v) is 4.35. The molecule has 0 aliphatic heterocycles. The molecule has 0 unspecified atom stereocenters. The monoisotopic (exact) mass is 203 g/mol. The quantitative estimate of drug-likeness (QED) is 0.684. The minimum atomic E-state index is -0.423. The van der Waals surface area contributed by atoms with Gasteiger partial charge in [-0.1, -0.05) is 0 Å². The molecule has 0 radical (unpaired) electrons. The van der Waals surface area contributed by atoms with Gasteiger partial charge in [0.2, 0.25) is 0 Å². The number of rotatable bonds is 2. The zero-order valence-corrected chi connectivity index (χ0v) is 8.12. The summed E-state index contributed by atoms with van der Waals surface area (Å²) in [5.74, 6) is -0.423. The van der Waals surface area contributed by atoms with Crippen molar-refractivity contribution in [2.24, 2.45) is 0 Å². The molecule has 5 nitrogen and oxygen atoms in total. The van der Waals surface area contributed by atoms with E-state index in [0.717, 1.165) is 0 Å². The zero-order chi connectivity index (χ0) is 10.7. The molecule has 0 saturated carbocycles. The summed E-state index contributed by atoms with van der Waals surface area (Å²) in [7, 11) is 1.34. The van der Waals surface area contributed by atoms with Crippen LogP contribution in [-0.2, 0) is 4.74 Å². The molecule has 2 aromatic rings. The van der Waals surface area contributed by atoms with Crippen LogP contribution in [0.2, 0.25) is 0 Å². The zero-order valence-electron chi connectivity index (χ0n) is 8.12. The first-order chi connectivity index (χ1) is 7.33. The van der Waals surface area contributed by atoms with Crippen molar-refractivity contribution in [1.82, 2.24) is 14.8 Å². The largest absolute Gasteiger partial charge is 0.465 e. The van der Waals surface area contributed by atoms with E-state index in [-0.39, 0.29) is 0 Å². The summed E-state index contributed by atoms with van der Waals surface area (Å²) >= 11 is 0. The summed E-state index contributed by atoms with van der Waals surface area (Å²) in [6.45, 7) is 0. The lowest BCUT2D eigenvalue weighted by Crippen LogP contribution is -2.08. The fourth-order valence-electron chi connectivity index (χ4n) is 1.27. The molecule has 76 valence electrons. The molecule has 0 aliphatic rings. The Morgan fingerprint density at radius 3 is 3.00 bits per heavy atom. The Labute approximate surface area is 86.3 Å². The number of nitrogens with zero attached hydrogens (tertiary/aromatic N) is 3. The van der Waals surface area contributed by atoms with Crippen LogP contribution in [0.25, 0.3) is 5.69 Å². The third-order valence-electron chi connectivity index (χ3n) is 1.95. The lowest BCUT2D eigenvalue weighted by atomic mass is 10.2.